The summed E-state index contributed by atoms with van der Waals surface area (Å²) in [5.74, 6) is 0.957. The molecule has 1 nitrogen and oxygen atoms in total. The van der Waals surface area contributed by atoms with Gasteiger partial charge in [-0.15, -0.1) is 0 Å². The zero-order valence-electron chi connectivity index (χ0n) is 15.9. The standard InChI is InChI=1S/C25H28O/c1-3-5-8-19-26-24-17-15-22(16-18-24)21-11-13-23(14-12-21)25-10-7-6-9-20(25)4-2/h6-7,9-18H,3-5,8,19H2,1-2H3. The highest BCUT2D eigenvalue weighted by molar-refractivity contribution is 5.72. The molecule has 0 saturated carbocycles. The summed E-state index contributed by atoms with van der Waals surface area (Å²) in [6.45, 7) is 5.22. The van der Waals surface area contributed by atoms with Gasteiger partial charge >= 0.3 is 0 Å². The molecule has 3 rings (SSSR count). The molecule has 0 amide bonds. The minimum absolute atomic E-state index is 0.804. The van der Waals surface area contributed by atoms with Gasteiger partial charge in [-0.2, -0.15) is 0 Å². The summed E-state index contributed by atoms with van der Waals surface area (Å²) in [5.41, 5.74) is 6.46. The van der Waals surface area contributed by atoms with Gasteiger partial charge in [0.2, 0.25) is 0 Å². The zero-order chi connectivity index (χ0) is 18.2. The molecule has 0 saturated heterocycles. The van der Waals surface area contributed by atoms with Crippen molar-refractivity contribution in [3.05, 3.63) is 78.4 Å². The molecule has 0 heterocycles. The van der Waals surface area contributed by atoms with Crippen LogP contribution in [0.15, 0.2) is 72.8 Å². The zero-order valence-corrected chi connectivity index (χ0v) is 15.9. The Bertz CT molecular complexity index is 800. The Kier molecular flexibility index (Phi) is 6.49. The first-order valence-corrected chi connectivity index (χ1v) is 9.73. The molecule has 0 N–H and O–H groups in total. The van der Waals surface area contributed by atoms with Gasteiger partial charge in [0.1, 0.15) is 5.75 Å². The Hall–Kier alpha value is -2.54. The van der Waals surface area contributed by atoms with Crippen molar-refractivity contribution in [3.8, 4) is 28.0 Å². The fourth-order valence-electron chi connectivity index (χ4n) is 3.24. The first-order valence-electron chi connectivity index (χ1n) is 9.73. The van der Waals surface area contributed by atoms with Crippen LogP contribution in [0, 0.1) is 0 Å². The minimum atomic E-state index is 0.804. The van der Waals surface area contributed by atoms with Gasteiger partial charge in [-0.1, -0.05) is 87.4 Å². The number of unbranched alkanes of at least 4 members (excludes halogenated alkanes) is 2. The lowest BCUT2D eigenvalue weighted by atomic mass is 9.96. The fourth-order valence-corrected chi connectivity index (χ4v) is 3.24. The van der Waals surface area contributed by atoms with Gasteiger partial charge in [-0.25, -0.2) is 0 Å². The summed E-state index contributed by atoms with van der Waals surface area (Å²) in [5, 5.41) is 0. The van der Waals surface area contributed by atoms with Crippen molar-refractivity contribution in [2.75, 3.05) is 6.61 Å². The van der Waals surface area contributed by atoms with E-state index < -0.39 is 0 Å². The van der Waals surface area contributed by atoms with Crippen molar-refractivity contribution in [2.45, 2.75) is 39.5 Å². The van der Waals surface area contributed by atoms with E-state index in [0.717, 1.165) is 25.2 Å². The third kappa shape index (κ3) is 4.54. The predicted molar refractivity (Wildman–Crippen MR) is 112 cm³/mol. The van der Waals surface area contributed by atoms with Gasteiger partial charge in [-0.3, -0.25) is 0 Å². The van der Waals surface area contributed by atoms with E-state index >= 15 is 0 Å². The van der Waals surface area contributed by atoms with E-state index in [0.29, 0.717) is 0 Å². The van der Waals surface area contributed by atoms with Gasteiger partial charge in [0, 0.05) is 0 Å². The van der Waals surface area contributed by atoms with E-state index in [-0.39, 0.29) is 0 Å². The van der Waals surface area contributed by atoms with Crippen LogP contribution in [0.25, 0.3) is 22.3 Å². The Morgan fingerprint density at radius 3 is 1.92 bits per heavy atom. The van der Waals surface area contributed by atoms with Crippen LogP contribution in [-0.2, 0) is 6.42 Å². The number of aryl methyl sites for hydroxylation is 1. The SMILES string of the molecule is CCCCCOc1ccc(-c2ccc(-c3ccccc3CC)cc2)cc1. The Morgan fingerprint density at radius 1 is 0.654 bits per heavy atom. The lowest BCUT2D eigenvalue weighted by molar-refractivity contribution is 0.306. The molecule has 0 aliphatic carbocycles. The van der Waals surface area contributed by atoms with Gasteiger partial charge in [-0.05, 0) is 52.8 Å². The van der Waals surface area contributed by atoms with Gasteiger partial charge < -0.3 is 4.74 Å². The molecule has 0 aliphatic rings. The summed E-state index contributed by atoms with van der Waals surface area (Å²) < 4.78 is 5.80. The van der Waals surface area contributed by atoms with E-state index in [9.17, 15) is 0 Å². The number of hydrogen-bond acceptors (Lipinski definition) is 1. The number of rotatable bonds is 8. The maximum absolute atomic E-state index is 5.80. The first-order chi connectivity index (χ1) is 12.8. The average molecular weight is 344 g/mol. The van der Waals surface area contributed by atoms with E-state index in [1.54, 1.807) is 0 Å². The average Bonchev–Trinajstić information content (AvgIpc) is 2.72. The van der Waals surface area contributed by atoms with Crippen molar-refractivity contribution in [3.63, 3.8) is 0 Å². The smallest absolute Gasteiger partial charge is 0.119 e. The highest BCUT2D eigenvalue weighted by Gasteiger charge is 2.04. The molecule has 0 aliphatic heterocycles. The molecule has 3 aromatic carbocycles. The van der Waals surface area contributed by atoms with E-state index in [4.69, 9.17) is 4.74 Å². The second-order valence-electron chi connectivity index (χ2n) is 6.67. The number of ether oxygens (including phenoxy) is 1. The second-order valence-corrected chi connectivity index (χ2v) is 6.67. The monoisotopic (exact) mass is 344 g/mol. The molecule has 0 radical (unpaired) electrons. The Labute approximate surface area is 157 Å². The van der Waals surface area contributed by atoms with Crippen LogP contribution in [-0.4, -0.2) is 6.61 Å². The molecule has 3 aromatic rings. The maximum atomic E-state index is 5.80. The van der Waals surface area contributed by atoms with Crippen LogP contribution in [0.4, 0.5) is 0 Å². The molecule has 0 bridgehead atoms. The van der Waals surface area contributed by atoms with Crippen LogP contribution in [0.3, 0.4) is 0 Å². The molecule has 0 unspecified atom stereocenters. The minimum Gasteiger partial charge on any atom is -0.494 e. The van der Waals surface area contributed by atoms with Crippen molar-refractivity contribution in [2.24, 2.45) is 0 Å². The number of benzene rings is 3. The van der Waals surface area contributed by atoms with Crippen LogP contribution < -0.4 is 4.74 Å². The van der Waals surface area contributed by atoms with Crippen LogP contribution in [0.2, 0.25) is 0 Å². The number of hydrogen-bond donors (Lipinski definition) is 0. The van der Waals surface area contributed by atoms with Crippen molar-refractivity contribution >= 4 is 0 Å². The van der Waals surface area contributed by atoms with Crippen LogP contribution in [0.1, 0.15) is 38.7 Å². The van der Waals surface area contributed by atoms with Crippen molar-refractivity contribution < 1.29 is 4.74 Å². The Morgan fingerprint density at radius 2 is 1.27 bits per heavy atom. The highest BCUT2D eigenvalue weighted by atomic mass is 16.5. The Balaban J connectivity index is 1.70. The first kappa shape index (κ1) is 18.3. The molecular weight excluding hydrogens is 316 g/mol. The molecule has 0 aromatic heterocycles. The van der Waals surface area contributed by atoms with Crippen LogP contribution >= 0.6 is 0 Å². The predicted octanol–water partition coefficient (Wildman–Crippen LogP) is 7.15. The topological polar surface area (TPSA) is 9.23 Å². The van der Waals surface area contributed by atoms with E-state index in [2.05, 4.69) is 86.6 Å². The maximum Gasteiger partial charge on any atom is 0.119 e. The van der Waals surface area contributed by atoms with E-state index in [1.807, 2.05) is 0 Å². The van der Waals surface area contributed by atoms with Crippen molar-refractivity contribution in [1.29, 1.82) is 0 Å². The summed E-state index contributed by atoms with van der Waals surface area (Å²) in [6.07, 6.45) is 4.63. The summed E-state index contributed by atoms with van der Waals surface area (Å²) in [4.78, 5) is 0. The van der Waals surface area contributed by atoms with Gasteiger partial charge in [0.15, 0.2) is 0 Å². The fraction of sp³-hybridized carbons (Fsp3) is 0.280. The molecule has 0 spiro atoms. The summed E-state index contributed by atoms with van der Waals surface area (Å²) >= 11 is 0. The summed E-state index contributed by atoms with van der Waals surface area (Å²) in [7, 11) is 0. The molecule has 26 heavy (non-hydrogen) atoms. The molecule has 0 atom stereocenters. The quantitative estimate of drug-likeness (QED) is 0.394. The van der Waals surface area contributed by atoms with Gasteiger partial charge in [0.05, 0.1) is 6.61 Å². The molecule has 0 fully saturated rings. The molecule has 134 valence electrons. The summed E-state index contributed by atoms with van der Waals surface area (Å²) in [6, 6.07) is 25.9. The van der Waals surface area contributed by atoms with Gasteiger partial charge in [0.25, 0.3) is 0 Å². The normalized spacial score (nSPS) is 10.7. The largest absolute Gasteiger partial charge is 0.494 e. The van der Waals surface area contributed by atoms with E-state index in [1.165, 1.54) is 40.7 Å². The lowest BCUT2D eigenvalue weighted by Gasteiger charge is -2.10. The third-order valence-corrected chi connectivity index (χ3v) is 4.80. The second kappa shape index (κ2) is 9.24. The highest BCUT2D eigenvalue weighted by Crippen LogP contribution is 2.28. The van der Waals surface area contributed by atoms with Crippen LogP contribution in [0.5, 0.6) is 5.75 Å². The lowest BCUT2D eigenvalue weighted by Crippen LogP contribution is -1.96. The van der Waals surface area contributed by atoms with Crippen molar-refractivity contribution in [1.82, 2.24) is 0 Å². The molecule has 1 heteroatoms. The third-order valence-electron chi connectivity index (χ3n) is 4.80. The molecular formula is C25H28O.